The normalized spacial score (nSPS) is 29.0. The van der Waals surface area contributed by atoms with Crippen molar-refractivity contribution in [3.63, 3.8) is 0 Å². The van der Waals surface area contributed by atoms with Crippen LogP contribution in [-0.2, 0) is 16.6 Å². The van der Waals surface area contributed by atoms with E-state index in [0.29, 0.717) is 48.1 Å². The predicted molar refractivity (Wildman–Crippen MR) is 169 cm³/mol. The van der Waals surface area contributed by atoms with Crippen LogP contribution < -0.4 is 10.1 Å². The second-order valence-corrected chi connectivity index (χ2v) is 13.8. The lowest BCUT2D eigenvalue weighted by Crippen LogP contribution is -2.53. The summed E-state index contributed by atoms with van der Waals surface area (Å²) >= 11 is 6.22. The number of hydrogen-bond donors (Lipinski definition) is 2. The topological polar surface area (TPSA) is 71.5 Å². The summed E-state index contributed by atoms with van der Waals surface area (Å²) in [5.74, 6) is 2.00. The van der Waals surface area contributed by atoms with Crippen molar-refractivity contribution in [2.24, 2.45) is 11.8 Å². The molecule has 6 heteroatoms. The lowest BCUT2D eigenvalue weighted by atomic mass is 9.59. The molecule has 1 fully saturated rings. The second-order valence-electron chi connectivity index (χ2n) is 13.4. The van der Waals surface area contributed by atoms with E-state index in [1.54, 1.807) is 0 Å². The summed E-state index contributed by atoms with van der Waals surface area (Å²) in [6.45, 7) is 7.55. The Kier molecular flexibility index (Phi) is 7.99. The molecular formula is C36H43ClN2O3. The van der Waals surface area contributed by atoms with Crippen molar-refractivity contribution in [3.05, 3.63) is 88.2 Å². The largest absolute Gasteiger partial charge is 0.493 e. The van der Waals surface area contributed by atoms with Gasteiger partial charge >= 0.3 is 5.97 Å². The number of rotatable bonds is 8. The molecule has 0 radical (unpaired) electrons. The number of carboxylic acid groups (broad SMARTS) is 1. The fraction of sp³-hybridized carbons (Fsp3) is 0.500. The number of aromatic nitrogens is 1. The molecule has 5 nitrogen and oxygen atoms in total. The van der Waals surface area contributed by atoms with E-state index in [0.717, 1.165) is 37.1 Å². The lowest BCUT2D eigenvalue weighted by molar-refractivity contribution is -0.144. The van der Waals surface area contributed by atoms with Crippen LogP contribution in [0.2, 0.25) is 5.02 Å². The van der Waals surface area contributed by atoms with Crippen LogP contribution >= 0.6 is 11.6 Å². The number of anilines is 1. The lowest BCUT2D eigenvalue weighted by Gasteiger charge is -2.47. The van der Waals surface area contributed by atoms with Crippen molar-refractivity contribution in [1.82, 2.24) is 4.98 Å². The van der Waals surface area contributed by atoms with E-state index < -0.39 is 11.5 Å². The van der Waals surface area contributed by atoms with E-state index >= 15 is 0 Å². The van der Waals surface area contributed by atoms with Gasteiger partial charge in [-0.05, 0) is 116 Å². The van der Waals surface area contributed by atoms with Gasteiger partial charge in [0.05, 0.1) is 12.3 Å². The highest BCUT2D eigenvalue weighted by atomic mass is 35.5. The molecule has 2 N–H and O–H groups in total. The van der Waals surface area contributed by atoms with Gasteiger partial charge < -0.3 is 15.2 Å². The van der Waals surface area contributed by atoms with E-state index in [-0.39, 0.29) is 5.41 Å². The molecule has 0 amide bonds. The zero-order valence-electron chi connectivity index (χ0n) is 25.0. The molecule has 222 valence electrons. The summed E-state index contributed by atoms with van der Waals surface area (Å²) in [6.07, 6.45) is 9.20. The van der Waals surface area contributed by atoms with E-state index in [9.17, 15) is 9.90 Å². The third kappa shape index (κ3) is 5.30. The number of nitrogens with one attached hydrogen (secondary N) is 1. The molecule has 2 aromatic carbocycles. The van der Waals surface area contributed by atoms with E-state index in [4.69, 9.17) is 21.3 Å². The van der Waals surface area contributed by atoms with Crippen LogP contribution in [0.15, 0.2) is 60.8 Å². The highest BCUT2D eigenvalue weighted by molar-refractivity contribution is 6.30. The molecule has 0 saturated heterocycles. The third-order valence-corrected chi connectivity index (χ3v) is 10.8. The standard InChI is InChI=1S/C36H43ClN2O3/c1-23(22-42-31-13-18-38-33-25(3)12-11-24(2)32(31)33)19-27-20-26-7-4-5-10-30(26)35(27)14-16-36(17-15-35,34(40)41)39-29-9-6-8-28(37)21-29/h4-10,13,18,21,23-25,27,39H,11-12,14-17,19-20,22H2,1-3H3,(H,40,41)/t23-,24+,25-,27+,35?,36?/m1/s1. The van der Waals surface area contributed by atoms with Crippen LogP contribution in [0.3, 0.4) is 0 Å². The maximum absolute atomic E-state index is 12.7. The minimum Gasteiger partial charge on any atom is -0.493 e. The van der Waals surface area contributed by atoms with Crippen molar-refractivity contribution >= 4 is 23.3 Å². The highest BCUT2D eigenvalue weighted by Crippen LogP contribution is 2.56. The zero-order valence-corrected chi connectivity index (χ0v) is 25.8. The number of aliphatic carboxylic acids is 1. The Morgan fingerprint density at radius 3 is 2.60 bits per heavy atom. The number of fused-ring (bicyclic) bond motifs is 3. The summed E-state index contributed by atoms with van der Waals surface area (Å²) in [6, 6.07) is 18.3. The Morgan fingerprint density at radius 1 is 1.07 bits per heavy atom. The summed E-state index contributed by atoms with van der Waals surface area (Å²) in [7, 11) is 0. The van der Waals surface area contributed by atoms with Gasteiger partial charge in [0, 0.05) is 22.5 Å². The summed E-state index contributed by atoms with van der Waals surface area (Å²) in [5.41, 5.74) is 5.11. The summed E-state index contributed by atoms with van der Waals surface area (Å²) in [4.78, 5) is 17.4. The van der Waals surface area contributed by atoms with Crippen molar-refractivity contribution < 1.29 is 14.6 Å². The number of halogens is 1. The molecular weight excluding hydrogens is 544 g/mol. The fourth-order valence-corrected chi connectivity index (χ4v) is 8.45. The smallest absolute Gasteiger partial charge is 0.329 e. The molecule has 4 atom stereocenters. The molecule has 6 rings (SSSR count). The number of benzene rings is 2. The van der Waals surface area contributed by atoms with Crippen LogP contribution in [-0.4, -0.2) is 28.2 Å². The monoisotopic (exact) mass is 586 g/mol. The van der Waals surface area contributed by atoms with Gasteiger partial charge in [-0.15, -0.1) is 0 Å². The van der Waals surface area contributed by atoms with Gasteiger partial charge in [0.15, 0.2) is 0 Å². The minimum absolute atomic E-state index is 0.0143. The van der Waals surface area contributed by atoms with Gasteiger partial charge in [-0.2, -0.15) is 0 Å². The van der Waals surface area contributed by atoms with Crippen molar-refractivity contribution in [2.45, 2.75) is 94.9 Å². The molecule has 0 aliphatic heterocycles. The van der Waals surface area contributed by atoms with Gasteiger partial charge in [-0.25, -0.2) is 4.79 Å². The van der Waals surface area contributed by atoms with Gasteiger partial charge in [0.2, 0.25) is 0 Å². The SMILES string of the molecule is C[C@@H](COc1ccnc2c1[C@@H](C)CC[C@H]2C)C[C@H]1Cc2ccccc2C12CCC(Nc1cccc(Cl)c1)(C(=O)O)CC2. The Balaban J connectivity index is 1.19. The first-order valence-corrected chi connectivity index (χ1v) is 16.1. The molecule has 0 bridgehead atoms. The molecule has 1 aromatic heterocycles. The van der Waals surface area contributed by atoms with E-state index in [1.807, 2.05) is 36.5 Å². The Morgan fingerprint density at radius 2 is 1.83 bits per heavy atom. The van der Waals surface area contributed by atoms with E-state index in [1.165, 1.54) is 35.2 Å². The molecule has 42 heavy (non-hydrogen) atoms. The molecule has 1 saturated carbocycles. The van der Waals surface area contributed by atoms with Crippen LogP contribution in [0.1, 0.15) is 99.9 Å². The second kappa shape index (κ2) is 11.6. The first kappa shape index (κ1) is 29.0. The van der Waals surface area contributed by atoms with Crippen LogP contribution in [0.4, 0.5) is 5.69 Å². The Hall–Kier alpha value is -3.05. The number of ether oxygens (including phenoxy) is 1. The fourth-order valence-electron chi connectivity index (χ4n) is 8.26. The minimum atomic E-state index is -0.999. The van der Waals surface area contributed by atoms with Gasteiger partial charge in [0.1, 0.15) is 11.3 Å². The molecule has 3 aliphatic carbocycles. The summed E-state index contributed by atoms with van der Waals surface area (Å²) < 4.78 is 6.55. The Labute approximate surface area is 255 Å². The van der Waals surface area contributed by atoms with E-state index in [2.05, 4.69) is 50.4 Å². The number of nitrogens with zero attached hydrogens (tertiary/aromatic N) is 1. The van der Waals surface area contributed by atoms with Crippen LogP contribution in [0.25, 0.3) is 0 Å². The highest BCUT2D eigenvalue weighted by Gasteiger charge is 2.54. The zero-order chi connectivity index (χ0) is 29.5. The molecule has 1 heterocycles. The number of carbonyl (C=O) groups is 1. The number of hydrogen-bond acceptors (Lipinski definition) is 4. The Bertz CT molecular complexity index is 1450. The summed E-state index contributed by atoms with van der Waals surface area (Å²) in [5, 5.41) is 14.4. The third-order valence-electron chi connectivity index (χ3n) is 10.6. The maximum atomic E-state index is 12.7. The van der Waals surface area contributed by atoms with Gasteiger partial charge in [0.25, 0.3) is 0 Å². The number of carboxylic acids is 1. The molecule has 3 aromatic rings. The predicted octanol–water partition coefficient (Wildman–Crippen LogP) is 8.76. The first-order valence-electron chi connectivity index (χ1n) is 15.7. The number of pyridine rings is 1. The van der Waals surface area contributed by atoms with Gasteiger partial charge in [-0.1, -0.05) is 62.7 Å². The van der Waals surface area contributed by atoms with Gasteiger partial charge in [-0.3, -0.25) is 4.98 Å². The molecule has 3 aliphatic rings. The quantitative estimate of drug-likeness (QED) is 0.276. The molecule has 0 unspecified atom stereocenters. The van der Waals surface area contributed by atoms with Crippen molar-refractivity contribution in [3.8, 4) is 5.75 Å². The van der Waals surface area contributed by atoms with Crippen LogP contribution in [0.5, 0.6) is 5.75 Å². The van der Waals surface area contributed by atoms with Crippen molar-refractivity contribution in [1.29, 1.82) is 0 Å². The van der Waals surface area contributed by atoms with Crippen molar-refractivity contribution in [2.75, 3.05) is 11.9 Å². The molecule has 1 spiro atoms. The maximum Gasteiger partial charge on any atom is 0.329 e. The average Bonchev–Trinajstić information content (AvgIpc) is 3.27. The first-order chi connectivity index (χ1) is 20.2. The van der Waals surface area contributed by atoms with Crippen LogP contribution in [0, 0.1) is 11.8 Å². The average molecular weight is 587 g/mol.